The molecule has 3 aromatic heterocycles. The number of nitriles is 1. The molecule has 0 bridgehead atoms. The molecule has 1 aromatic carbocycles. The zero-order valence-corrected chi connectivity index (χ0v) is 17.6. The number of amides is 1. The van der Waals surface area contributed by atoms with Crippen LogP contribution in [0, 0.1) is 25.2 Å². The Labute approximate surface area is 176 Å². The summed E-state index contributed by atoms with van der Waals surface area (Å²) in [6, 6.07) is 13.7. The van der Waals surface area contributed by atoms with E-state index in [4.69, 9.17) is 4.42 Å². The van der Waals surface area contributed by atoms with E-state index in [0.29, 0.717) is 28.7 Å². The van der Waals surface area contributed by atoms with Crippen molar-refractivity contribution < 1.29 is 9.21 Å². The molecule has 0 radical (unpaired) electrons. The Morgan fingerprint density at radius 1 is 1.31 bits per heavy atom. The van der Waals surface area contributed by atoms with Crippen molar-refractivity contribution in [3.63, 3.8) is 0 Å². The first-order chi connectivity index (χ1) is 14.1. The summed E-state index contributed by atoms with van der Waals surface area (Å²) < 4.78 is 7.63. The highest BCUT2D eigenvalue weighted by molar-refractivity contribution is 7.99. The maximum Gasteiger partial charge on any atom is 0.257 e. The minimum atomic E-state index is -0.210. The maximum absolute atomic E-state index is 12.6. The molecule has 146 valence electrons. The standard InChI is InChI=1S/C21H18N4O2S2/c1-13-14(2)25(11-15-6-5-9-28-15)20(16(13)10-22)24-19(26)12-29-21-23-17-7-3-4-8-18(17)27-21/h3-9H,11-12H2,1-2H3,(H,24,26). The average Bonchev–Trinajstić information content (AvgIpc) is 3.42. The SMILES string of the molecule is Cc1c(C#N)c(NC(=O)CSc2nc3ccccc3o2)n(Cc2cccs2)c1C. The van der Waals surface area contributed by atoms with Crippen molar-refractivity contribution in [2.75, 3.05) is 11.1 Å². The Kier molecular flexibility index (Phi) is 5.43. The van der Waals surface area contributed by atoms with E-state index < -0.39 is 0 Å². The van der Waals surface area contributed by atoms with Gasteiger partial charge >= 0.3 is 0 Å². The molecular formula is C21H18N4O2S2. The average molecular weight is 423 g/mol. The van der Waals surface area contributed by atoms with Crippen LogP contribution in [0.15, 0.2) is 51.4 Å². The van der Waals surface area contributed by atoms with Crippen molar-refractivity contribution >= 4 is 45.9 Å². The molecule has 0 spiro atoms. The second kappa shape index (κ2) is 8.15. The molecule has 6 nitrogen and oxygen atoms in total. The van der Waals surface area contributed by atoms with E-state index >= 15 is 0 Å². The number of thiophene rings is 1. The summed E-state index contributed by atoms with van der Waals surface area (Å²) in [6.07, 6.45) is 0. The minimum absolute atomic E-state index is 0.139. The predicted molar refractivity (Wildman–Crippen MR) is 115 cm³/mol. The number of benzene rings is 1. The first kappa shape index (κ1) is 19.3. The van der Waals surface area contributed by atoms with E-state index in [1.54, 1.807) is 11.3 Å². The lowest BCUT2D eigenvalue weighted by Crippen LogP contribution is -2.18. The van der Waals surface area contributed by atoms with E-state index in [0.717, 1.165) is 21.7 Å². The Morgan fingerprint density at radius 2 is 2.14 bits per heavy atom. The lowest BCUT2D eigenvalue weighted by molar-refractivity contribution is -0.113. The van der Waals surface area contributed by atoms with Gasteiger partial charge in [0.25, 0.3) is 5.22 Å². The number of fused-ring (bicyclic) bond motifs is 1. The van der Waals surface area contributed by atoms with Gasteiger partial charge < -0.3 is 14.3 Å². The summed E-state index contributed by atoms with van der Waals surface area (Å²) in [7, 11) is 0. The highest BCUT2D eigenvalue weighted by Crippen LogP contribution is 2.29. The molecule has 4 rings (SSSR count). The highest BCUT2D eigenvalue weighted by atomic mass is 32.2. The molecule has 29 heavy (non-hydrogen) atoms. The van der Waals surface area contributed by atoms with Crippen LogP contribution in [0.2, 0.25) is 0 Å². The van der Waals surface area contributed by atoms with Crippen molar-refractivity contribution in [1.82, 2.24) is 9.55 Å². The van der Waals surface area contributed by atoms with Gasteiger partial charge in [-0.05, 0) is 43.0 Å². The normalized spacial score (nSPS) is 10.9. The molecule has 0 aliphatic heterocycles. The molecular weight excluding hydrogens is 404 g/mol. The number of thioether (sulfide) groups is 1. The molecule has 0 aliphatic rings. The number of hydrogen-bond donors (Lipinski definition) is 1. The van der Waals surface area contributed by atoms with Crippen LogP contribution in [0.4, 0.5) is 5.82 Å². The fourth-order valence-corrected chi connectivity index (χ4v) is 4.43. The molecule has 0 saturated carbocycles. The van der Waals surface area contributed by atoms with Crippen LogP contribution in [0.1, 0.15) is 21.7 Å². The van der Waals surface area contributed by atoms with Crippen molar-refractivity contribution in [3.05, 3.63) is 63.5 Å². The van der Waals surface area contributed by atoms with Crippen LogP contribution >= 0.6 is 23.1 Å². The van der Waals surface area contributed by atoms with Crippen LogP contribution in [-0.2, 0) is 11.3 Å². The zero-order valence-electron chi connectivity index (χ0n) is 15.9. The Morgan fingerprint density at radius 3 is 2.86 bits per heavy atom. The second-order valence-electron chi connectivity index (χ2n) is 6.50. The summed E-state index contributed by atoms with van der Waals surface area (Å²) in [5.41, 5.74) is 3.80. The number of aromatic nitrogens is 2. The van der Waals surface area contributed by atoms with E-state index in [1.165, 1.54) is 11.8 Å². The number of carbonyl (C=O) groups excluding carboxylic acids is 1. The highest BCUT2D eigenvalue weighted by Gasteiger charge is 2.20. The molecule has 4 aromatic rings. The van der Waals surface area contributed by atoms with Gasteiger partial charge in [0, 0.05) is 10.6 Å². The van der Waals surface area contributed by atoms with Crippen molar-refractivity contribution in [3.8, 4) is 6.07 Å². The third-order valence-electron chi connectivity index (χ3n) is 4.69. The summed E-state index contributed by atoms with van der Waals surface area (Å²) in [4.78, 5) is 18.2. The Hall–Kier alpha value is -3.02. The molecule has 0 atom stereocenters. The molecule has 3 heterocycles. The third-order valence-corrected chi connectivity index (χ3v) is 6.38. The molecule has 8 heteroatoms. The summed E-state index contributed by atoms with van der Waals surface area (Å²) >= 11 is 2.87. The van der Waals surface area contributed by atoms with Gasteiger partial charge in [-0.25, -0.2) is 4.98 Å². The monoisotopic (exact) mass is 422 g/mol. The maximum atomic E-state index is 12.6. The van der Waals surface area contributed by atoms with Gasteiger partial charge in [0.1, 0.15) is 17.4 Å². The van der Waals surface area contributed by atoms with Gasteiger partial charge in [-0.2, -0.15) is 5.26 Å². The summed E-state index contributed by atoms with van der Waals surface area (Å²) in [5, 5.41) is 15.0. The van der Waals surface area contributed by atoms with E-state index in [9.17, 15) is 10.1 Å². The number of nitrogens with zero attached hydrogens (tertiary/aromatic N) is 3. The molecule has 0 saturated heterocycles. The van der Waals surface area contributed by atoms with E-state index in [2.05, 4.69) is 16.4 Å². The third kappa shape index (κ3) is 3.92. The quantitative estimate of drug-likeness (QED) is 0.444. The largest absolute Gasteiger partial charge is 0.431 e. The number of hydrogen-bond acceptors (Lipinski definition) is 6. The molecule has 1 amide bonds. The van der Waals surface area contributed by atoms with Gasteiger partial charge in [-0.1, -0.05) is 30.0 Å². The van der Waals surface area contributed by atoms with Crippen molar-refractivity contribution in [1.29, 1.82) is 5.26 Å². The molecule has 1 N–H and O–H groups in total. The van der Waals surface area contributed by atoms with Crippen LogP contribution in [0.5, 0.6) is 0 Å². The van der Waals surface area contributed by atoms with Crippen LogP contribution in [0.3, 0.4) is 0 Å². The fraction of sp³-hybridized carbons (Fsp3) is 0.190. The summed E-state index contributed by atoms with van der Waals surface area (Å²) in [6.45, 7) is 4.48. The number of nitrogens with one attached hydrogen (secondary N) is 1. The fourth-order valence-electron chi connectivity index (χ4n) is 3.09. The predicted octanol–water partition coefficient (Wildman–Crippen LogP) is 4.96. The van der Waals surface area contributed by atoms with Crippen LogP contribution in [-0.4, -0.2) is 21.2 Å². The topological polar surface area (TPSA) is 83.8 Å². The first-order valence-electron chi connectivity index (χ1n) is 8.97. The Balaban J connectivity index is 1.52. The number of rotatable bonds is 6. The van der Waals surface area contributed by atoms with Gasteiger partial charge in [-0.3, -0.25) is 4.79 Å². The number of para-hydroxylation sites is 2. The molecule has 0 unspecified atom stereocenters. The van der Waals surface area contributed by atoms with Crippen molar-refractivity contribution in [2.24, 2.45) is 0 Å². The summed E-state index contributed by atoms with van der Waals surface area (Å²) in [5.74, 6) is 0.470. The number of anilines is 1. The molecule has 0 aliphatic carbocycles. The zero-order chi connectivity index (χ0) is 20.4. The van der Waals surface area contributed by atoms with Crippen LogP contribution < -0.4 is 5.32 Å². The number of oxazole rings is 1. The van der Waals surface area contributed by atoms with Crippen molar-refractivity contribution in [2.45, 2.75) is 25.6 Å². The lowest BCUT2D eigenvalue weighted by Gasteiger charge is -2.12. The van der Waals surface area contributed by atoms with Gasteiger partial charge in [0.15, 0.2) is 5.58 Å². The lowest BCUT2D eigenvalue weighted by atomic mass is 10.2. The second-order valence-corrected chi connectivity index (χ2v) is 8.45. The Bertz CT molecular complexity index is 1180. The minimum Gasteiger partial charge on any atom is -0.431 e. The first-order valence-corrected chi connectivity index (χ1v) is 10.8. The van der Waals surface area contributed by atoms with E-state index in [1.807, 2.05) is 60.2 Å². The van der Waals surface area contributed by atoms with Gasteiger partial charge in [0.2, 0.25) is 5.91 Å². The van der Waals surface area contributed by atoms with Gasteiger partial charge in [0.05, 0.1) is 17.9 Å². The van der Waals surface area contributed by atoms with Gasteiger partial charge in [-0.15, -0.1) is 11.3 Å². The smallest absolute Gasteiger partial charge is 0.257 e. The van der Waals surface area contributed by atoms with E-state index in [-0.39, 0.29) is 11.7 Å². The molecule has 0 fully saturated rings. The van der Waals surface area contributed by atoms with Crippen LogP contribution in [0.25, 0.3) is 11.1 Å². The number of carbonyl (C=O) groups is 1.